The maximum atomic E-state index is 9.62. The number of aryl methyl sites for hydroxylation is 1. The molecule has 0 bridgehead atoms. The number of nitrogens with zero attached hydrogens (tertiary/aromatic N) is 2. The number of hydrogen-bond acceptors (Lipinski definition) is 4. The van der Waals surface area contributed by atoms with Crippen molar-refractivity contribution in [2.75, 3.05) is 26.8 Å². The second-order valence-electron chi connectivity index (χ2n) is 6.25. The summed E-state index contributed by atoms with van der Waals surface area (Å²) in [4.78, 5) is 4.82. The standard InChI is InChI=1S/C17H25N3O2/c1-11-4-5-14-13(8-11)19-17(12(2)10-21)20(14)15-6-7-18-9-16(15)22-3/h4-5,8,12,15-16,18,21H,6-7,9-10H2,1-3H3/t12-,15?,16+/m0/s1. The lowest BCUT2D eigenvalue weighted by molar-refractivity contribution is 0.0388. The molecule has 1 aliphatic rings. The molecule has 22 heavy (non-hydrogen) atoms. The average Bonchev–Trinajstić information content (AvgIpc) is 2.92. The number of hydrogen-bond donors (Lipinski definition) is 2. The summed E-state index contributed by atoms with van der Waals surface area (Å²) >= 11 is 0. The van der Waals surface area contributed by atoms with Gasteiger partial charge < -0.3 is 19.7 Å². The van der Waals surface area contributed by atoms with Crippen molar-refractivity contribution < 1.29 is 9.84 Å². The van der Waals surface area contributed by atoms with Gasteiger partial charge in [0.05, 0.1) is 29.8 Å². The molecule has 0 saturated carbocycles. The third-order valence-electron chi connectivity index (χ3n) is 4.61. The van der Waals surface area contributed by atoms with Gasteiger partial charge in [-0.2, -0.15) is 0 Å². The first kappa shape index (κ1) is 15.5. The number of imidazole rings is 1. The van der Waals surface area contributed by atoms with E-state index in [4.69, 9.17) is 9.72 Å². The predicted molar refractivity (Wildman–Crippen MR) is 87.3 cm³/mol. The fourth-order valence-corrected chi connectivity index (χ4v) is 3.36. The maximum absolute atomic E-state index is 9.62. The third kappa shape index (κ3) is 2.64. The number of aliphatic hydroxyl groups excluding tert-OH is 1. The molecule has 0 amide bonds. The van der Waals surface area contributed by atoms with E-state index in [1.54, 1.807) is 7.11 Å². The van der Waals surface area contributed by atoms with E-state index in [0.717, 1.165) is 36.4 Å². The van der Waals surface area contributed by atoms with E-state index in [1.165, 1.54) is 5.56 Å². The van der Waals surface area contributed by atoms with Gasteiger partial charge in [0.1, 0.15) is 5.82 Å². The fraction of sp³-hybridized carbons (Fsp3) is 0.588. The Hall–Kier alpha value is -1.43. The Labute approximate surface area is 131 Å². The minimum absolute atomic E-state index is 0.0140. The predicted octanol–water partition coefficient (Wildman–Crippen LogP) is 1.99. The van der Waals surface area contributed by atoms with Crippen LogP contribution < -0.4 is 5.32 Å². The normalized spacial score (nSPS) is 23.8. The summed E-state index contributed by atoms with van der Waals surface area (Å²) in [5.41, 5.74) is 3.34. The summed E-state index contributed by atoms with van der Waals surface area (Å²) in [7, 11) is 1.77. The van der Waals surface area contributed by atoms with Crippen molar-refractivity contribution in [3.05, 3.63) is 29.6 Å². The largest absolute Gasteiger partial charge is 0.396 e. The van der Waals surface area contributed by atoms with E-state index in [1.807, 2.05) is 6.92 Å². The molecule has 1 fully saturated rings. The number of ether oxygens (including phenoxy) is 1. The van der Waals surface area contributed by atoms with Gasteiger partial charge in [0, 0.05) is 19.6 Å². The molecule has 1 aromatic carbocycles. The monoisotopic (exact) mass is 303 g/mol. The summed E-state index contributed by atoms with van der Waals surface area (Å²) in [6.45, 7) is 6.02. The SMILES string of the molecule is CO[C@@H]1CNCCC1n1c([C@@H](C)CO)nc2cc(C)ccc21. The summed E-state index contributed by atoms with van der Waals surface area (Å²) < 4.78 is 7.99. The third-order valence-corrected chi connectivity index (χ3v) is 4.61. The summed E-state index contributed by atoms with van der Waals surface area (Å²) in [6, 6.07) is 6.63. The molecule has 5 nitrogen and oxygen atoms in total. The lowest BCUT2D eigenvalue weighted by atomic mass is 10.0. The minimum atomic E-state index is 0.0140. The fourth-order valence-electron chi connectivity index (χ4n) is 3.36. The van der Waals surface area contributed by atoms with Crippen LogP contribution in [0, 0.1) is 6.92 Å². The number of piperidine rings is 1. The van der Waals surface area contributed by atoms with E-state index in [9.17, 15) is 5.11 Å². The van der Waals surface area contributed by atoms with Gasteiger partial charge in [-0.25, -0.2) is 4.98 Å². The molecule has 2 N–H and O–H groups in total. The van der Waals surface area contributed by atoms with Crippen molar-refractivity contribution in [2.45, 2.75) is 38.3 Å². The highest BCUT2D eigenvalue weighted by Gasteiger charge is 2.30. The number of fused-ring (bicyclic) bond motifs is 1. The highest BCUT2D eigenvalue weighted by atomic mass is 16.5. The van der Waals surface area contributed by atoms with Crippen LogP contribution in [0.15, 0.2) is 18.2 Å². The zero-order chi connectivity index (χ0) is 15.7. The zero-order valence-electron chi connectivity index (χ0n) is 13.5. The number of methoxy groups -OCH3 is 1. The molecule has 2 heterocycles. The van der Waals surface area contributed by atoms with Gasteiger partial charge in [0.2, 0.25) is 0 Å². The van der Waals surface area contributed by atoms with Gasteiger partial charge in [-0.15, -0.1) is 0 Å². The zero-order valence-corrected chi connectivity index (χ0v) is 13.5. The molecule has 5 heteroatoms. The molecule has 1 saturated heterocycles. The van der Waals surface area contributed by atoms with E-state index in [-0.39, 0.29) is 24.7 Å². The van der Waals surface area contributed by atoms with Gasteiger partial charge in [0.25, 0.3) is 0 Å². The molecule has 1 aromatic heterocycles. The molecule has 3 rings (SSSR count). The van der Waals surface area contributed by atoms with Crippen LogP contribution in [-0.2, 0) is 4.74 Å². The first-order valence-corrected chi connectivity index (χ1v) is 7.98. The molecular weight excluding hydrogens is 278 g/mol. The van der Waals surface area contributed by atoms with E-state index >= 15 is 0 Å². The molecule has 0 aliphatic carbocycles. The van der Waals surface area contributed by atoms with Gasteiger partial charge in [-0.05, 0) is 37.6 Å². The second-order valence-corrected chi connectivity index (χ2v) is 6.25. The summed E-state index contributed by atoms with van der Waals surface area (Å²) in [6.07, 6.45) is 1.13. The number of benzene rings is 1. The number of aliphatic hydroxyl groups is 1. The first-order chi connectivity index (χ1) is 10.7. The van der Waals surface area contributed by atoms with E-state index in [0.29, 0.717) is 0 Å². The molecule has 1 aliphatic heterocycles. The first-order valence-electron chi connectivity index (χ1n) is 7.98. The van der Waals surface area contributed by atoms with Crippen LogP contribution in [0.3, 0.4) is 0 Å². The molecule has 0 radical (unpaired) electrons. The van der Waals surface area contributed by atoms with Gasteiger partial charge >= 0.3 is 0 Å². The Morgan fingerprint density at radius 3 is 3.05 bits per heavy atom. The van der Waals surface area contributed by atoms with Crippen LogP contribution >= 0.6 is 0 Å². The van der Waals surface area contributed by atoms with Crippen molar-refractivity contribution in [3.63, 3.8) is 0 Å². The van der Waals surface area contributed by atoms with Crippen LogP contribution in [-0.4, -0.2) is 47.6 Å². The second kappa shape index (κ2) is 6.36. The van der Waals surface area contributed by atoms with E-state index < -0.39 is 0 Å². The Balaban J connectivity index is 2.16. The average molecular weight is 303 g/mol. The molecule has 120 valence electrons. The minimum Gasteiger partial charge on any atom is -0.396 e. The number of nitrogens with one attached hydrogen (secondary N) is 1. The Bertz CT molecular complexity index is 653. The van der Waals surface area contributed by atoms with Crippen LogP contribution in [0.4, 0.5) is 0 Å². The maximum Gasteiger partial charge on any atom is 0.115 e. The molecule has 1 unspecified atom stereocenters. The van der Waals surface area contributed by atoms with Crippen LogP contribution in [0.2, 0.25) is 0 Å². The summed E-state index contributed by atoms with van der Waals surface area (Å²) in [5.74, 6) is 0.970. The topological polar surface area (TPSA) is 59.3 Å². The Morgan fingerprint density at radius 1 is 1.50 bits per heavy atom. The van der Waals surface area contributed by atoms with Crippen LogP contribution in [0.5, 0.6) is 0 Å². The van der Waals surface area contributed by atoms with Crippen LogP contribution in [0.25, 0.3) is 11.0 Å². The van der Waals surface area contributed by atoms with Crippen molar-refractivity contribution in [1.82, 2.24) is 14.9 Å². The van der Waals surface area contributed by atoms with Gasteiger partial charge in [-0.3, -0.25) is 0 Å². The smallest absolute Gasteiger partial charge is 0.115 e. The van der Waals surface area contributed by atoms with Crippen molar-refractivity contribution >= 4 is 11.0 Å². The Morgan fingerprint density at radius 2 is 2.32 bits per heavy atom. The van der Waals surface area contributed by atoms with Crippen molar-refractivity contribution in [1.29, 1.82) is 0 Å². The molecule has 2 aromatic rings. The summed E-state index contributed by atoms with van der Waals surface area (Å²) in [5, 5.41) is 13.0. The molecular formula is C17H25N3O2. The lowest BCUT2D eigenvalue weighted by Gasteiger charge is -2.34. The van der Waals surface area contributed by atoms with Crippen molar-refractivity contribution in [3.8, 4) is 0 Å². The highest BCUT2D eigenvalue weighted by molar-refractivity contribution is 5.77. The highest BCUT2D eigenvalue weighted by Crippen LogP contribution is 2.31. The number of aromatic nitrogens is 2. The number of rotatable bonds is 4. The quantitative estimate of drug-likeness (QED) is 0.907. The Kier molecular flexibility index (Phi) is 4.47. The van der Waals surface area contributed by atoms with Crippen LogP contribution in [0.1, 0.15) is 36.7 Å². The van der Waals surface area contributed by atoms with E-state index in [2.05, 4.69) is 35.0 Å². The van der Waals surface area contributed by atoms with Gasteiger partial charge in [-0.1, -0.05) is 13.0 Å². The molecule has 0 spiro atoms. The van der Waals surface area contributed by atoms with Gasteiger partial charge in [0.15, 0.2) is 0 Å². The van der Waals surface area contributed by atoms with Crippen molar-refractivity contribution in [2.24, 2.45) is 0 Å². The molecule has 3 atom stereocenters. The lowest BCUT2D eigenvalue weighted by Crippen LogP contribution is -2.43.